The zero-order valence-corrected chi connectivity index (χ0v) is 14.3. The molecule has 4 aliphatic carbocycles. The highest BCUT2D eigenvalue weighted by Gasteiger charge is 2.54. The van der Waals surface area contributed by atoms with Gasteiger partial charge in [0.15, 0.2) is 6.04 Å². The number of hydrogen-bond donors (Lipinski definition) is 2. The van der Waals surface area contributed by atoms with Gasteiger partial charge in [0.1, 0.15) is 0 Å². The van der Waals surface area contributed by atoms with Crippen LogP contribution in [0.1, 0.15) is 51.0 Å². The van der Waals surface area contributed by atoms with Gasteiger partial charge in [0.05, 0.1) is 5.54 Å². The van der Waals surface area contributed by atoms with Gasteiger partial charge in [0.2, 0.25) is 0 Å². The van der Waals surface area contributed by atoms with Crippen LogP contribution in [0.3, 0.4) is 0 Å². The molecule has 0 radical (unpaired) electrons. The molecule has 1 aromatic carbocycles. The first-order valence-electron chi connectivity index (χ1n) is 9.25. The summed E-state index contributed by atoms with van der Waals surface area (Å²) in [5.41, 5.74) is 2.46. The average molecular weight is 313 g/mol. The summed E-state index contributed by atoms with van der Waals surface area (Å²) in [5, 5.41) is 5.51. The third kappa shape index (κ3) is 3.03. The van der Waals surface area contributed by atoms with Crippen molar-refractivity contribution in [3.05, 3.63) is 29.8 Å². The van der Waals surface area contributed by atoms with Crippen LogP contribution in [0.4, 0.5) is 5.69 Å². The van der Waals surface area contributed by atoms with E-state index in [2.05, 4.69) is 30.5 Å². The van der Waals surface area contributed by atoms with Gasteiger partial charge in [-0.05, 0) is 68.6 Å². The van der Waals surface area contributed by atoms with Crippen LogP contribution in [0.15, 0.2) is 24.3 Å². The number of quaternary nitrogens is 1. The minimum Gasteiger partial charge on any atom is -0.331 e. The Hall–Kier alpha value is -1.35. The van der Waals surface area contributed by atoms with Crippen LogP contribution in [0.2, 0.25) is 0 Å². The maximum absolute atomic E-state index is 12.6. The Morgan fingerprint density at radius 2 is 1.78 bits per heavy atom. The maximum atomic E-state index is 12.6. The van der Waals surface area contributed by atoms with Crippen molar-refractivity contribution in [3.63, 3.8) is 0 Å². The van der Waals surface area contributed by atoms with E-state index in [0.717, 1.165) is 23.4 Å². The second-order valence-electron chi connectivity index (χ2n) is 8.59. The summed E-state index contributed by atoms with van der Waals surface area (Å²) < 4.78 is 0. The van der Waals surface area contributed by atoms with E-state index in [-0.39, 0.29) is 11.9 Å². The third-order valence-corrected chi connectivity index (χ3v) is 6.39. The fourth-order valence-corrected chi connectivity index (χ4v) is 5.97. The van der Waals surface area contributed by atoms with Gasteiger partial charge >= 0.3 is 0 Å². The number of rotatable bonds is 4. The highest BCUT2D eigenvalue weighted by atomic mass is 16.2. The Morgan fingerprint density at radius 1 is 1.17 bits per heavy atom. The molecule has 5 rings (SSSR count). The van der Waals surface area contributed by atoms with Crippen LogP contribution in [0.5, 0.6) is 0 Å². The summed E-state index contributed by atoms with van der Waals surface area (Å²) in [4.78, 5) is 12.6. The molecule has 4 saturated carbocycles. The van der Waals surface area contributed by atoms with Gasteiger partial charge in [0, 0.05) is 24.9 Å². The summed E-state index contributed by atoms with van der Waals surface area (Å²) in [6.07, 6.45) is 8.37. The molecule has 4 bridgehead atoms. The number of aryl methyl sites for hydroxylation is 1. The van der Waals surface area contributed by atoms with Crippen molar-refractivity contribution in [2.24, 2.45) is 17.8 Å². The number of amides is 1. The lowest BCUT2D eigenvalue weighted by atomic mass is 9.53. The quantitative estimate of drug-likeness (QED) is 0.882. The molecule has 124 valence electrons. The fourth-order valence-electron chi connectivity index (χ4n) is 5.97. The molecule has 1 aromatic rings. The van der Waals surface area contributed by atoms with Crippen LogP contribution < -0.4 is 10.6 Å². The van der Waals surface area contributed by atoms with E-state index >= 15 is 0 Å². The first-order chi connectivity index (χ1) is 11.0. The number of benzene rings is 1. The third-order valence-electron chi connectivity index (χ3n) is 6.39. The van der Waals surface area contributed by atoms with Gasteiger partial charge < -0.3 is 10.6 Å². The average Bonchev–Trinajstić information content (AvgIpc) is 2.45. The van der Waals surface area contributed by atoms with Crippen molar-refractivity contribution >= 4 is 11.6 Å². The monoisotopic (exact) mass is 313 g/mol. The van der Waals surface area contributed by atoms with E-state index in [9.17, 15) is 4.79 Å². The Balaban J connectivity index is 1.41. The summed E-state index contributed by atoms with van der Waals surface area (Å²) in [5.74, 6) is 2.95. The van der Waals surface area contributed by atoms with Crippen LogP contribution in [0, 0.1) is 24.7 Å². The van der Waals surface area contributed by atoms with Crippen LogP contribution in [0.25, 0.3) is 0 Å². The first kappa shape index (κ1) is 15.2. The second kappa shape index (κ2) is 5.62. The number of anilines is 1. The minimum absolute atomic E-state index is 0.00763. The molecule has 3 heteroatoms. The Labute approximate surface area is 139 Å². The van der Waals surface area contributed by atoms with E-state index in [1.807, 2.05) is 18.2 Å². The standard InChI is InChI=1S/C20H28N2O/c1-13-4-3-5-18(6-13)21-19(23)14(2)22-20-10-15-7-16(11-20)9-17(8-15)12-20/h3-6,14-17,22H,7-12H2,1-2H3,(H,21,23)/p+1/t14-,15?,16?,17?,20?/m1/s1. The van der Waals surface area contributed by atoms with Crippen molar-refractivity contribution in [2.75, 3.05) is 5.32 Å². The van der Waals surface area contributed by atoms with Gasteiger partial charge in [0.25, 0.3) is 5.91 Å². The van der Waals surface area contributed by atoms with E-state index in [1.165, 1.54) is 44.1 Å². The molecule has 23 heavy (non-hydrogen) atoms. The summed E-state index contributed by atoms with van der Waals surface area (Å²) in [6.45, 7) is 4.13. The molecule has 0 heterocycles. The number of carbonyl (C=O) groups excluding carboxylic acids is 1. The van der Waals surface area contributed by atoms with E-state index in [1.54, 1.807) is 0 Å². The highest BCUT2D eigenvalue weighted by Crippen LogP contribution is 2.54. The highest BCUT2D eigenvalue weighted by molar-refractivity contribution is 5.93. The number of hydrogen-bond acceptors (Lipinski definition) is 1. The van der Waals surface area contributed by atoms with Gasteiger partial charge in [-0.2, -0.15) is 0 Å². The first-order valence-corrected chi connectivity index (χ1v) is 9.25. The number of nitrogens with one attached hydrogen (secondary N) is 1. The normalized spacial score (nSPS) is 36.0. The Kier molecular flexibility index (Phi) is 3.72. The molecular formula is C20H29N2O+. The zero-order valence-electron chi connectivity index (χ0n) is 14.3. The SMILES string of the molecule is Cc1cccc(NC(=O)[C@@H](C)[NH2+]C23CC4CC(CC(C4)C2)C3)c1. The van der Waals surface area contributed by atoms with Crippen molar-refractivity contribution in [1.82, 2.24) is 0 Å². The second-order valence-corrected chi connectivity index (χ2v) is 8.59. The topological polar surface area (TPSA) is 45.7 Å². The van der Waals surface area contributed by atoms with Gasteiger partial charge in [-0.1, -0.05) is 12.1 Å². The lowest BCUT2D eigenvalue weighted by molar-refractivity contribution is -0.754. The molecule has 0 aliphatic heterocycles. The molecule has 0 spiro atoms. The van der Waals surface area contributed by atoms with Crippen LogP contribution in [-0.4, -0.2) is 17.5 Å². The fraction of sp³-hybridized carbons (Fsp3) is 0.650. The summed E-state index contributed by atoms with van der Waals surface area (Å²) in [6, 6.07) is 8.06. The molecule has 3 N–H and O–H groups in total. The molecule has 3 nitrogen and oxygen atoms in total. The van der Waals surface area contributed by atoms with Crippen molar-refractivity contribution in [1.29, 1.82) is 0 Å². The van der Waals surface area contributed by atoms with Crippen LogP contribution in [-0.2, 0) is 4.79 Å². The molecule has 4 aliphatic rings. The minimum atomic E-state index is -0.00763. The molecule has 4 fully saturated rings. The predicted octanol–water partition coefficient (Wildman–Crippen LogP) is 2.85. The predicted molar refractivity (Wildman–Crippen MR) is 92.1 cm³/mol. The molecule has 0 aromatic heterocycles. The molecule has 0 saturated heterocycles. The van der Waals surface area contributed by atoms with E-state index < -0.39 is 0 Å². The number of carbonyl (C=O) groups is 1. The molecule has 1 amide bonds. The maximum Gasteiger partial charge on any atom is 0.282 e. The molecular weight excluding hydrogens is 284 g/mol. The van der Waals surface area contributed by atoms with Gasteiger partial charge in [-0.3, -0.25) is 4.79 Å². The zero-order chi connectivity index (χ0) is 16.0. The van der Waals surface area contributed by atoms with E-state index in [4.69, 9.17) is 0 Å². The molecule has 1 atom stereocenters. The van der Waals surface area contributed by atoms with E-state index in [0.29, 0.717) is 5.54 Å². The van der Waals surface area contributed by atoms with Crippen molar-refractivity contribution < 1.29 is 10.1 Å². The lowest BCUT2D eigenvalue weighted by Gasteiger charge is -2.55. The van der Waals surface area contributed by atoms with Gasteiger partial charge in [-0.25, -0.2) is 0 Å². The van der Waals surface area contributed by atoms with Crippen molar-refractivity contribution in [3.8, 4) is 0 Å². The largest absolute Gasteiger partial charge is 0.331 e. The number of nitrogens with two attached hydrogens (primary N) is 1. The Bertz CT molecular complexity index is 574. The molecule has 0 unspecified atom stereocenters. The van der Waals surface area contributed by atoms with Crippen LogP contribution >= 0.6 is 0 Å². The summed E-state index contributed by atoms with van der Waals surface area (Å²) >= 11 is 0. The lowest BCUT2D eigenvalue weighted by Crippen LogP contribution is -3.03. The smallest absolute Gasteiger partial charge is 0.282 e. The van der Waals surface area contributed by atoms with Crippen molar-refractivity contribution in [2.45, 2.75) is 64.0 Å². The summed E-state index contributed by atoms with van der Waals surface area (Å²) in [7, 11) is 0. The Morgan fingerprint density at radius 3 is 2.35 bits per heavy atom. The van der Waals surface area contributed by atoms with Gasteiger partial charge in [-0.15, -0.1) is 0 Å².